The van der Waals surface area contributed by atoms with Crippen molar-refractivity contribution in [3.05, 3.63) is 102 Å². The summed E-state index contributed by atoms with van der Waals surface area (Å²) in [5, 5.41) is 18.4. The standard InChI is InChI=1S/C27H34BrF3IN5O4.C25H32BrFIN5O3.C19H20BrClFIN4O2.C8H15BO2.C8HBrCl2FIN2.C6H13NO.C2H3F3O/c1-25(2,3)41-24(38)37-13-26(14-37)7-9-36(12-26)22-17-10-18(32)19(28)21(40-15-27(29,30)31)20(17)33-23(34-22)39-11-16-6-5-8-35(16)4;1-24(2,3)36-23(34)33-13-25(14-33)7-9-32(12-25)21-16-10-17(28)18(26)19(27)20(16)29-22(30-21)35-11-15-6-5-8-31(15)4;1-18(2,3)29-17(28)27-8-19(9-27)4-5-26(7-19)15-10-6-11(23)12(20)13(22)14(10)24-16(21)25-15;1-6-9-10-7(2,3)8(4,5)11-9;9-4-3(13)1-2-6(5(4)12)14-8(11)15-7(2)10;1-7-4-2-3-6(7)5-8;3-2(4,5)1-6/h10,16H,5-9,11-15H2,1-4H3;10,15H,5-9,11-14H2,1-4H3;6H,4-5,7-9H2,1-3H3;6H,1H2,2-5H3;1H;6,8H,2-5H2,1H3;6H,1H2/t16-;15-;;;;6-;/m00...0./s1. The predicted octanol–water partition coefficient (Wildman–Crippen LogP) is 23.0. The molecule has 3 atom stereocenters. The first-order valence-electron chi connectivity index (χ1n) is 47.1. The van der Waals surface area contributed by atoms with Crippen molar-refractivity contribution in [1.82, 2.24) is 69.3 Å². The molecule has 18 rings (SSSR count). The minimum Gasteiger partial charge on any atom is -0.481 e. The van der Waals surface area contributed by atoms with Gasteiger partial charge < -0.3 is 92.0 Å². The van der Waals surface area contributed by atoms with E-state index in [-0.39, 0.29) is 114 Å². The summed E-state index contributed by atoms with van der Waals surface area (Å²) in [5.74, 6) is 2.26. The number of likely N-dealkylation sites (N-methyl/N-ethyl adjacent to an activating group) is 3. The Morgan fingerprint density at radius 3 is 1.10 bits per heavy atom. The highest BCUT2D eigenvalue weighted by atomic mass is 127. The number of halogens is 20. The Labute approximate surface area is 946 Å². The van der Waals surface area contributed by atoms with Gasteiger partial charge in [-0.15, -0.1) is 6.58 Å². The first-order chi connectivity index (χ1) is 67.8. The van der Waals surface area contributed by atoms with Crippen LogP contribution >= 0.6 is 189 Å². The Bertz CT molecular complexity index is 6090. The van der Waals surface area contributed by atoms with Crippen molar-refractivity contribution in [2.75, 3.05) is 167 Å². The molecular weight excluding hydrogens is 2700 g/mol. The first kappa shape index (κ1) is 120. The van der Waals surface area contributed by atoms with Crippen LogP contribution in [0.3, 0.4) is 0 Å². The molecule has 0 aliphatic carbocycles. The monoisotopic (exact) mass is 2820 g/mol. The molecule has 10 saturated heterocycles. The third-order valence-corrected chi connectivity index (χ3v) is 36.6. The van der Waals surface area contributed by atoms with Crippen LogP contribution in [0.15, 0.2) is 54.7 Å². The molecule has 3 amide bonds. The zero-order valence-corrected chi connectivity index (χ0v) is 101. The number of rotatable bonds is 13. The van der Waals surface area contributed by atoms with E-state index in [1.54, 1.807) is 26.7 Å². The molecule has 30 nitrogen and oxygen atoms in total. The van der Waals surface area contributed by atoms with Gasteiger partial charge >= 0.3 is 49.8 Å². The normalized spacial score (nSPS) is 20.4. The fraction of sp³-hybridized carbons (Fsp3) is 0.611. The number of benzene rings is 4. The summed E-state index contributed by atoms with van der Waals surface area (Å²) in [6.07, 6.45) is -0.402. The summed E-state index contributed by atoms with van der Waals surface area (Å²) < 4.78 is 164. The highest BCUT2D eigenvalue weighted by molar-refractivity contribution is 14.1. The van der Waals surface area contributed by atoms with Crippen molar-refractivity contribution in [2.45, 2.75) is 206 Å². The lowest BCUT2D eigenvalue weighted by Crippen LogP contribution is -2.60. The maximum absolute atomic E-state index is 15.3. The topological polar surface area (TPSA) is 298 Å². The van der Waals surface area contributed by atoms with Gasteiger partial charge in [0.2, 0.25) is 10.6 Å². The van der Waals surface area contributed by atoms with Gasteiger partial charge in [0, 0.05) is 149 Å². The van der Waals surface area contributed by atoms with E-state index in [0.717, 1.165) is 97.9 Å². The average molecular weight is 2820 g/mol. The van der Waals surface area contributed by atoms with Crippen LogP contribution in [0, 0.1) is 48.0 Å². The molecule has 51 heteroatoms. The van der Waals surface area contributed by atoms with Gasteiger partial charge in [-0.2, -0.15) is 51.3 Å². The van der Waals surface area contributed by atoms with E-state index in [4.69, 9.17) is 92.7 Å². The highest BCUT2D eigenvalue weighted by Crippen LogP contribution is 2.50. The number of alkyl halides is 6. The van der Waals surface area contributed by atoms with E-state index in [9.17, 15) is 49.5 Å². The average Bonchev–Trinajstić information content (AvgIpc) is 1.55. The number of carbonyl (C=O) groups excluding carboxylic acids is 3. The molecule has 10 aliphatic heterocycles. The molecule has 10 fully saturated rings. The molecule has 10 aliphatic rings. The molecule has 2 N–H and O–H groups in total. The van der Waals surface area contributed by atoms with Crippen LogP contribution in [0.5, 0.6) is 17.8 Å². The number of anilines is 3. The van der Waals surface area contributed by atoms with Gasteiger partial charge in [0.1, 0.15) is 81.3 Å². The van der Waals surface area contributed by atoms with Gasteiger partial charge in [-0.05, 0) is 390 Å². The molecule has 0 bridgehead atoms. The third-order valence-electron chi connectivity index (χ3n) is 26.5. The Morgan fingerprint density at radius 2 is 0.781 bits per heavy atom. The number of amides is 3. The van der Waals surface area contributed by atoms with E-state index < -0.39 is 59.8 Å². The number of aliphatic hydroxyl groups is 2. The molecule has 4 aromatic carbocycles. The van der Waals surface area contributed by atoms with Crippen LogP contribution in [-0.2, 0) is 23.5 Å². The number of hydrogen-bond acceptors (Lipinski definition) is 27. The number of aromatic nitrogens is 8. The van der Waals surface area contributed by atoms with E-state index in [1.807, 2.05) is 138 Å². The summed E-state index contributed by atoms with van der Waals surface area (Å²) in [4.78, 5) is 90.3. The molecular formula is C95H118BBr4Cl3F9I4N17O13. The molecule has 0 saturated carbocycles. The highest BCUT2D eigenvalue weighted by Gasteiger charge is 2.55. The summed E-state index contributed by atoms with van der Waals surface area (Å²) in [6, 6.07) is 8.62. The molecule has 146 heavy (non-hydrogen) atoms. The van der Waals surface area contributed by atoms with Crippen molar-refractivity contribution in [3.63, 3.8) is 0 Å². The minimum atomic E-state index is -4.51. The van der Waals surface area contributed by atoms with Crippen molar-refractivity contribution in [1.29, 1.82) is 0 Å². The van der Waals surface area contributed by atoms with Gasteiger partial charge in [-0.1, -0.05) is 17.6 Å². The Kier molecular flexibility index (Phi) is 39.8. The van der Waals surface area contributed by atoms with Gasteiger partial charge in [-0.25, -0.2) is 42.5 Å². The quantitative estimate of drug-likeness (QED) is 0.0206. The van der Waals surface area contributed by atoms with E-state index in [1.165, 1.54) is 12.8 Å². The van der Waals surface area contributed by atoms with Crippen LogP contribution in [-0.4, -0.2) is 316 Å². The van der Waals surface area contributed by atoms with Crippen LogP contribution in [0.2, 0.25) is 15.7 Å². The van der Waals surface area contributed by atoms with E-state index in [2.05, 4.69) is 211 Å². The van der Waals surface area contributed by atoms with Crippen molar-refractivity contribution in [2.24, 2.45) is 16.2 Å². The zero-order chi connectivity index (χ0) is 108. The Balaban J connectivity index is 0.000000165. The van der Waals surface area contributed by atoms with E-state index >= 15 is 4.39 Å². The maximum Gasteiger partial charge on any atom is 0.486 e. The third kappa shape index (κ3) is 30.2. The SMILES string of the molecule is C=CB1OC(C)(C)C(C)(C)O1.CC(C)(C)OC(=O)N1CC2(CCN(c3nc(Cl)nc4c(F)c(Br)c(I)cc34)C2)C1.CN1CCC[C@H]1CO.CN1CCC[C@H]1COc1nc(N2CCC3(CN(C(=O)OC(C)(C)C)C3)C2)c2cc(I)c(Br)c(F)c2n1.CN1CCC[C@H]1COc1nc(N2CCC3(CN(C(=O)OC(C)(C)C)C3)C2)c2cc(I)c(Br)c(OCC(F)(F)F)c2n1.Fc1c(Br)c(I)cc2c(Cl)nc(Cl)nc12.OCC(F)(F)F. The van der Waals surface area contributed by atoms with Crippen LogP contribution in [0.4, 0.5) is 71.4 Å². The molecule has 0 radical (unpaired) electrons. The van der Waals surface area contributed by atoms with Gasteiger partial charge in [0.05, 0.1) is 35.7 Å². The lowest BCUT2D eigenvalue weighted by molar-refractivity contribution is -0.159. The smallest absolute Gasteiger partial charge is 0.481 e. The van der Waals surface area contributed by atoms with Crippen LogP contribution in [0.25, 0.3) is 43.6 Å². The zero-order valence-electron chi connectivity index (χ0n) is 83.5. The fourth-order valence-corrected chi connectivity index (χ4v) is 22.5. The second-order valence-electron chi connectivity index (χ2n) is 42.0. The summed E-state index contributed by atoms with van der Waals surface area (Å²) in [7, 11) is 5.95. The summed E-state index contributed by atoms with van der Waals surface area (Å²) in [6.45, 7) is 37.7. The van der Waals surface area contributed by atoms with Crippen LogP contribution in [0.1, 0.15) is 148 Å². The largest absolute Gasteiger partial charge is 0.486 e. The second-order valence-corrected chi connectivity index (χ2v) is 50.9. The number of ether oxygens (including phenoxy) is 6. The summed E-state index contributed by atoms with van der Waals surface area (Å²) >= 11 is 38.9. The maximum atomic E-state index is 15.3. The van der Waals surface area contributed by atoms with Crippen molar-refractivity contribution >= 4 is 275 Å². The number of likely N-dealkylation sites (tertiary alicyclic amines) is 6. The molecule has 8 aromatic rings. The molecule has 804 valence electrons. The van der Waals surface area contributed by atoms with Gasteiger partial charge in [0.25, 0.3) is 0 Å². The number of hydrogen-bond donors (Lipinski definition) is 2. The first-order valence-corrected chi connectivity index (χ1v) is 55.7. The molecule has 3 spiro atoms. The predicted molar refractivity (Wildman–Crippen MR) is 592 cm³/mol. The van der Waals surface area contributed by atoms with Gasteiger partial charge in [0.15, 0.2) is 29.8 Å². The number of carbonyl (C=O) groups is 3. The summed E-state index contributed by atoms with van der Waals surface area (Å²) in [5.41, 5.74) is -1.33. The Hall–Kier alpha value is -4.55. The lowest BCUT2D eigenvalue weighted by Gasteiger charge is -2.47. The van der Waals surface area contributed by atoms with Crippen molar-refractivity contribution in [3.8, 4) is 17.8 Å². The number of fused-ring (bicyclic) bond motifs is 4. The number of nitrogens with zero attached hydrogens (tertiary/aromatic N) is 17. The minimum absolute atomic E-state index is 0.00170. The lowest BCUT2D eigenvalue weighted by atomic mass is 9.79. The molecule has 4 aromatic heterocycles. The molecule has 0 unspecified atom stereocenters. The fourth-order valence-electron chi connectivity index (χ4n) is 18.4. The number of aliphatic hydroxyl groups excluding tert-OH is 2. The van der Waals surface area contributed by atoms with Crippen molar-refractivity contribution < 1.29 is 102 Å². The Morgan fingerprint density at radius 1 is 0.466 bits per heavy atom. The van der Waals surface area contributed by atoms with Gasteiger partial charge in [-0.3, -0.25) is 0 Å². The van der Waals surface area contributed by atoms with Crippen LogP contribution < -0.4 is 28.9 Å². The molecule has 14 heterocycles. The second kappa shape index (κ2) is 48.4. The van der Waals surface area contributed by atoms with E-state index in [0.29, 0.717) is 148 Å².